The first-order valence-electron chi connectivity index (χ1n) is 6.04. The smallest absolute Gasteiger partial charge is 0.0858 e. The molecule has 1 heterocycles. The maximum atomic E-state index is 6.30. The Kier molecular flexibility index (Phi) is 2.85. The van der Waals surface area contributed by atoms with Crippen LogP contribution in [-0.2, 0) is 4.74 Å². The number of rotatable bonds is 0. The zero-order chi connectivity index (χ0) is 10.2. The van der Waals surface area contributed by atoms with Crippen molar-refractivity contribution in [1.29, 1.82) is 0 Å². The van der Waals surface area contributed by atoms with Gasteiger partial charge < -0.3 is 10.5 Å². The highest BCUT2D eigenvalue weighted by atomic mass is 16.5. The number of hydrogen-bond donors (Lipinski definition) is 1. The third-order valence-corrected chi connectivity index (χ3v) is 4.21. The summed E-state index contributed by atoms with van der Waals surface area (Å²) < 4.78 is 6.05. The minimum atomic E-state index is 0.0325. The lowest BCUT2D eigenvalue weighted by molar-refractivity contribution is -0.148. The molecule has 2 heteroatoms. The summed E-state index contributed by atoms with van der Waals surface area (Å²) in [6.07, 6.45) is 6.13. The quantitative estimate of drug-likeness (QED) is 0.647. The molecule has 1 spiro atoms. The van der Waals surface area contributed by atoms with Crippen molar-refractivity contribution in [3.8, 4) is 0 Å². The van der Waals surface area contributed by atoms with Crippen molar-refractivity contribution < 1.29 is 4.74 Å². The topological polar surface area (TPSA) is 35.2 Å². The fourth-order valence-electron chi connectivity index (χ4n) is 3.42. The molecule has 0 bridgehead atoms. The van der Waals surface area contributed by atoms with Gasteiger partial charge in [-0.2, -0.15) is 0 Å². The summed E-state index contributed by atoms with van der Waals surface area (Å²) in [5.74, 6) is 1.41. The lowest BCUT2D eigenvalue weighted by Crippen LogP contribution is -2.59. The minimum absolute atomic E-state index is 0.0325. The zero-order valence-corrected chi connectivity index (χ0v) is 9.46. The molecular weight excluding hydrogens is 174 g/mol. The van der Waals surface area contributed by atoms with E-state index in [1.165, 1.54) is 25.7 Å². The molecule has 0 amide bonds. The normalized spacial score (nSPS) is 49.5. The average molecular weight is 197 g/mol. The summed E-state index contributed by atoms with van der Waals surface area (Å²) in [5, 5.41) is 0. The Labute approximate surface area is 87.2 Å². The van der Waals surface area contributed by atoms with Gasteiger partial charge in [-0.25, -0.2) is 0 Å². The summed E-state index contributed by atoms with van der Waals surface area (Å²) in [6.45, 7) is 5.55. The van der Waals surface area contributed by atoms with E-state index in [4.69, 9.17) is 10.5 Å². The predicted molar refractivity (Wildman–Crippen MR) is 58.1 cm³/mol. The van der Waals surface area contributed by atoms with Crippen LogP contribution in [0.1, 0.15) is 46.0 Å². The molecule has 2 N–H and O–H groups in total. The molecule has 0 aromatic carbocycles. The van der Waals surface area contributed by atoms with Crippen molar-refractivity contribution in [2.24, 2.45) is 17.6 Å². The molecule has 2 rings (SSSR count). The third kappa shape index (κ3) is 1.59. The highest BCUT2D eigenvalue weighted by molar-refractivity contribution is 5.01. The summed E-state index contributed by atoms with van der Waals surface area (Å²) >= 11 is 0. The summed E-state index contributed by atoms with van der Waals surface area (Å²) in [6, 6.07) is 0.265. The van der Waals surface area contributed by atoms with E-state index in [1.807, 2.05) is 0 Å². The standard InChI is InChI=1S/C12H23NO/c1-9-7-10(2)12(11(13)8-9)5-3-4-6-14-12/h9-11H,3-8,13H2,1-2H3/t9-,10+,11-,12+/m1/s1. The van der Waals surface area contributed by atoms with Crippen molar-refractivity contribution in [2.45, 2.75) is 57.6 Å². The van der Waals surface area contributed by atoms with Crippen molar-refractivity contribution >= 4 is 0 Å². The van der Waals surface area contributed by atoms with Crippen LogP contribution in [0.5, 0.6) is 0 Å². The largest absolute Gasteiger partial charge is 0.373 e. The summed E-state index contributed by atoms with van der Waals surface area (Å²) in [5.41, 5.74) is 6.33. The van der Waals surface area contributed by atoms with Crippen LogP contribution >= 0.6 is 0 Å². The van der Waals surface area contributed by atoms with Gasteiger partial charge in [0, 0.05) is 12.6 Å². The lowest BCUT2D eigenvalue weighted by atomic mass is 9.66. The van der Waals surface area contributed by atoms with E-state index < -0.39 is 0 Å². The number of hydrogen-bond acceptors (Lipinski definition) is 2. The van der Waals surface area contributed by atoms with Gasteiger partial charge in [-0.15, -0.1) is 0 Å². The monoisotopic (exact) mass is 197 g/mol. The highest BCUT2D eigenvalue weighted by Gasteiger charge is 2.47. The van der Waals surface area contributed by atoms with Crippen LogP contribution in [0, 0.1) is 11.8 Å². The Morgan fingerprint density at radius 2 is 2.00 bits per heavy atom. The van der Waals surface area contributed by atoms with Gasteiger partial charge in [0.25, 0.3) is 0 Å². The molecule has 2 nitrogen and oxygen atoms in total. The van der Waals surface area contributed by atoms with Crippen LogP contribution in [-0.4, -0.2) is 18.2 Å². The maximum absolute atomic E-state index is 6.30. The average Bonchev–Trinajstić information content (AvgIpc) is 2.16. The van der Waals surface area contributed by atoms with E-state index in [0.29, 0.717) is 5.92 Å². The molecule has 14 heavy (non-hydrogen) atoms. The van der Waals surface area contributed by atoms with Crippen LogP contribution in [0.15, 0.2) is 0 Å². The molecule has 2 aliphatic rings. The minimum Gasteiger partial charge on any atom is -0.373 e. The van der Waals surface area contributed by atoms with Gasteiger partial charge >= 0.3 is 0 Å². The van der Waals surface area contributed by atoms with E-state index >= 15 is 0 Å². The molecule has 1 aliphatic heterocycles. The second kappa shape index (κ2) is 3.82. The fourth-order valence-corrected chi connectivity index (χ4v) is 3.42. The molecule has 0 aromatic rings. The molecule has 1 aliphatic carbocycles. The van der Waals surface area contributed by atoms with E-state index in [2.05, 4.69) is 13.8 Å². The Hall–Kier alpha value is -0.0800. The van der Waals surface area contributed by atoms with Gasteiger partial charge in [0.05, 0.1) is 5.60 Å². The summed E-state index contributed by atoms with van der Waals surface area (Å²) in [7, 11) is 0. The third-order valence-electron chi connectivity index (χ3n) is 4.21. The SMILES string of the molecule is C[C@H]1C[C@@H](N)[C@]2(CCCCO2)[C@@H](C)C1. The van der Waals surface area contributed by atoms with E-state index in [1.54, 1.807) is 0 Å². The van der Waals surface area contributed by atoms with Gasteiger partial charge in [0.15, 0.2) is 0 Å². The fraction of sp³-hybridized carbons (Fsp3) is 1.00. The van der Waals surface area contributed by atoms with Crippen LogP contribution in [0.4, 0.5) is 0 Å². The van der Waals surface area contributed by atoms with Crippen molar-refractivity contribution in [3.63, 3.8) is 0 Å². The maximum Gasteiger partial charge on any atom is 0.0858 e. The van der Waals surface area contributed by atoms with Crippen LogP contribution < -0.4 is 5.73 Å². The van der Waals surface area contributed by atoms with Gasteiger partial charge in [0.2, 0.25) is 0 Å². The highest BCUT2D eigenvalue weighted by Crippen LogP contribution is 2.43. The van der Waals surface area contributed by atoms with E-state index in [0.717, 1.165) is 18.9 Å². The Morgan fingerprint density at radius 1 is 1.21 bits per heavy atom. The zero-order valence-electron chi connectivity index (χ0n) is 9.46. The second-order valence-corrected chi connectivity index (χ2v) is 5.34. The van der Waals surface area contributed by atoms with Crippen molar-refractivity contribution in [1.82, 2.24) is 0 Å². The lowest BCUT2D eigenvalue weighted by Gasteiger charge is -2.50. The molecule has 82 valence electrons. The molecule has 0 aromatic heterocycles. The molecule has 0 radical (unpaired) electrons. The molecular formula is C12H23NO. The van der Waals surface area contributed by atoms with Gasteiger partial charge in [-0.1, -0.05) is 13.8 Å². The first-order valence-corrected chi connectivity index (χ1v) is 6.04. The molecule has 4 atom stereocenters. The summed E-state index contributed by atoms with van der Waals surface area (Å²) in [4.78, 5) is 0. The van der Waals surface area contributed by atoms with Crippen molar-refractivity contribution in [3.05, 3.63) is 0 Å². The van der Waals surface area contributed by atoms with Gasteiger partial charge in [0.1, 0.15) is 0 Å². The Morgan fingerprint density at radius 3 is 2.57 bits per heavy atom. The molecule has 1 saturated carbocycles. The van der Waals surface area contributed by atoms with Crippen LogP contribution in [0.2, 0.25) is 0 Å². The van der Waals surface area contributed by atoms with Crippen molar-refractivity contribution in [2.75, 3.05) is 6.61 Å². The number of ether oxygens (including phenoxy) is 1. The number of nitrogens with two attached hydrogens (primary N) is 1. The second-order valence-electron chi connectivity index (χ2n) is 5.34. The first kappa shape index (κ1) is 10.4. The van der Waals surface area contributed by atoms with Crippen LogP contribution in [0.3, 0.4) is 0 Å². The van der Waals surface area contributed by atoms with Gasteiger partial charge in [-0.3, -0.25) is 0 Å². The Bertz CT molecular complexity index is 184. The van der Waals surface area contributed by atoms with Gasteiger partial charge in [-0.05, 0) is 43.9 Å². The van der Waals surface area contributed by atoms with E-state index in [9.17, 15) is 0 Å². The predicted octanol–water partition coefficient (Wildman–Crippen LogP) is 2.32. The Balaban J connectivity index is 2.14. The molecule has 2 fully saturated rings. The van der Waals surface area contributed by atoms with Crippen LogP contribution in [0.25, 0.3) is 0 Å². The molecule has 1 saturated heterocycles. The van der Waals surface area contributed by atoms with E-state index in [-0.39, 0.29) is 11.6 Å². The first-order chi connectivity index (χ1) is 6.65. The molecule has 0 unspecified atom stereocenters.